The highest BCUT2D eigenvalue weighted by Gasteiger charge is 2.30. The summed E-state index contributed by atoms with van der Waals surface area (Å²) in [6.45, 7) is 0.121. The second kappa shape index (κ2) is 5.79. The highest BCUT2D eigenvalue weighted by atomic mass is 16.5. The van der Waals surface area contributed by atoms with E-state index in [0.29, 0.717) is 12.8 Å². The maximum Gasteiger partial charge on any atom is 0.332 e. The van der Waals surface area contributed by atoms with Crippen molar-refractivity contribution in [2.45, 2.75) is 25.0 Å². The van der Waals surface area contributed by atoms with Gasteiger partial charge in [-0.1, -0.05) is 6.07 Å². The van der Waals surface area contributed by atoms with Crippen molar-refractivity contribution >= 4 is 11.9 Å². The number of amides is 1. The third-order valence-corrected chi connectivity index (χ3v) is 3.12. The highest BCUT2D eigenvalue weighted by Crippen LogP contribution is 2.26. The van der Waals surface area contributed by atoms with Crippen molar-refractivity contribution < 1.29 is 29.6 Å². The molecule has 1 aromatic rings. The number of carboxylic acids is 1. The molecular formula is C13H15NO6. The molecule has 1 fully saturated rings. The number of carbonyl (C=O) groups excluding carboxylic acids is 1. The van der Waals surface area contributed by atoms with Crippen molar-refractivity contribution in [1.29, 1.82) is 0 Å². The number of carbonyl (C=O) groups is 2. The zero-order chi connectivity index (χ0) is 14.7. The van der Waals surface area contributed by atoms with Gasteiger partial charge in [0.25, 0.3) is 5.91 Å². The molecule has 0 saturated carbocycles. The van der Waals surface area contributed by atoms with Crippen LogP contribution in [0.2, 0.25) is 0 Å². The fourth-order valence-corrected chi connectivity index (χ4v) is 2.09. The normalized spacial score (nSPS) is 21.6. The van der Waals surface area contributed by atoms with Crippen LogP contribution in [-0.2, 0) is 9.53 Å². The summed E-state index contributed by atoms with van der Waals surface area (Å²) in [4.78, 5) is 22.6. The summed E-state index contributed by atoms with van der Waals surface area (Å²) in [6, 6.07) is 4.00. The summed E-state index contributed by atoms with van der Waals surface area (Å²) >= 11 is 0. The predicted molar refractivity (Wildman–Crippen MR) is 67.6 cm³/mol. The first-order valence-electron chi connectivity index (χ1n) is 6.16. The van der Waals surface area contributed by atoms with Crippen LogP contribution in [0.15, 0.2) is 18.2 Å². The van der Waals surface area contributed by atoms with Gasteiger partial charge in [0.1, 0.15) is 17.1 Å². The Bertz CT molecular complexity index is 509. The summed E-state index contributed by atoms with van der Waals surface area (Å²) in [6.07, 6.45) is -0.287. The maximum atomic E-state index is 11.9. The quantitative estimate of drug-likeness (QED) is 0.637. The van der Waals surface area contributed by atoms with E-state index in [0.717, 1.165) is 0 Å². The Hall–Kier alpha value is -2.28. The zero-order valence-corrected chi connectivity index (χ0v) is 10.6. The molecule has 1 heterocycles. The second-order valence-corrected chi connectivity index (χ2v) is 4.54. The van der Waals surface area contributed by atoms with E-state index < -0.39 is 18.0 Å². The third-order valence-electron chi connectivity index (χ3n) is 3.12. The molecular weight excluding hydrogens is 266 g/mol. The summed E-state index contributed by atoms with van der Waals surface area (Å²) in [5.41, 5.74) is -0.208. The van der Waals surface area contributed by atoms with Crippen molar-refractivity contribution in [1.82, 2.24) is 5.32 Å². The van der Waals surface area contributed by atoms with E-state index >= 15 is 0 Å². The van der Waals surface area contributed by atoms with Crippen LogP contribution in [0.3, 0.4) is 0 Å². The summed E-state index contributed by atoms with van der Waals surface area (Å²) in [5.74, 6) is -2.29. The van der Waals surface area contributed by atoms with Crippen molar-refractivity contribution in [3.63, 3.8) is 0 Å². The van der Waals surface area contributed by atoms with Gasteiger partial charge in [0.05, 0.1) is 6.10 Å². The van der Waals surface area contributed by atoms with Gasteiger partial charge in [-0.15, -0.1) is 0 Å². The topological polar surface area (TPSA) is 116 Å². The Morgan fingerprint density at radius 1 is 1.25 bits per heavy atom. The maximum absolute atomic E-state index is 11.9. The molecule has 1 aliphatic heterocycles. The molecule has 4 N–H and O–H groups in total. The lowest BCUT2D eigenvalue weighted by molar-refractivity contribution is -0.149. The Kier molecular flexibility index (Phi) is 4.09. The number of hydrogen-bond acceptors (Lipinski definition) is 5. The monoisotopic (exact) mass is 281 g/mol. The molecule has 2 rings (SSSR count). The van der Waals surface area contributed by atoms with Crippen LogP contribution >= 0.6 is 0 Å². The largest absolute Gasteiger partial charge is 0.507 e. The average molecular weight is 281 g/mol. The molecule has 0 bridgehead atoms. The van der Waals surface area contributed by atoms with E-state index in [1.165, 1.54) is 18.2 Å². The van der Waals surface area contributed by atoms with Gasteiger partial charge >= 0.3 is 5.97 Å². The predicted octanol–water partition coefficient (Wildman–Crippen LogP) is 0.460. The van der Waals surface area contributed by atoms with Crippen LogP contribution < -0.4 is 5.32 Å². The molecule has 7 heteroatoms. The summed E-state index contributed by atoms with van der Waals surface area (Å²) < 4.78 is 5.23. The first kappa shape index (κ1) is 14.1. The van der Waals surface area contributed by atoms with E-state index in [4.69, 9.17) is 9.84 Å². The van der Waals surface area contributed by atoms with Gasteiger partial charge in [-0.3, -0.25) is 4.79 Å². The minimum Gasteiger partial charge on any atom is -0.507 e. The molecule has 2 atom stereocenters. The molecule has 20 heavy (non-hydrogen) atoms. The van der Waals surface area contributed by atoms with Crippen LogP contribution in [0.1, 0.15) is 23.2 Å². The Morgan fingerprint density at radius 3 is 2.45 bits per heavy atom. The number of phenols is 2. The van der Waals surface area contributed by atoms with E-state index in [2.05, 4.69) is 5.32 Å². The van der Waals surface area contributed by atoms with Gasteiger partial charge < -0.3 is 25.4 Å². The van der Waals surface area contributed by atoms with Gasteiger partial charge in [-0.25, -0.2) is 4.79 Å². The van der Waals surface area contributed by atoms with Crippen LogP contribution in [0.5, 0.6) is 11.5 Å². The lowest BCUT2D eigenvalue weighted by Crippen LogP contribution is -2.33. The van der Waals surface area contributed by atoms with Crippen LogP contribution in [-0.4, -0.2) is 45.9 Å². The van der Waals surface area contributed by atoms with Crippen molar-refractivity contribution in [3.05, 3.63) is 23.8 Å². The van der Waals surface area contributed by atoms with E-state index in [9.17, 15) is 19.8 Å². The molecule has 7 nitrogen and oxygen atoms in total. The number of aromatic hydroxyl groups is 2. The fourth-order valence-electron chi connectivity index (χ4n) is 2.09. The van der Waals surface area contributed by atoms with Gasteiger partial charge in [0.2, 0.25) is 0 Å². The molecule has 1 amide bonds. The van der Waals surface area contributed by atoms with Crippen molar-refractivity contribution in [3.8, 4) is 11.5 Å². The fraction of sp³-hybridized carbons (Fsp3) is 0.385. The Morgan fingerprint density at radius 2 is 1.90 bits per heavy atom. The Labute approximate surface area is 114 Å². The number of carboxylic acid groups (broad SMARTS) is 1. The number of rotatable bonds is 4. The highest BCUT2D eigenvalue weighted by molar-refractivity contribution is 5.99. The van der Waals surface area contributed by atoms with Gasteiger partial charge in [-0.05, 0) is 25.0 Å². The van der Waals surface area contributed by atoms with Crippen LogP contribution in [0, 0.1) is 0 Å². The lowest BCUT2D eigenvalue weighted by Gasteiger charge is -2.13. The van der Waals surface area contributed by atoms with Gasteiger partial charge in [0.15, 0.2) is 6.10 Å². The number of benzene rings is 1. The van der Waals surface area contributed by atoms with Crippen LogP contribution in [0.25, 0.3) is 0 Å². The minimum atomic E-state index is -1.02. The first-order chi connectivity index (χ1) is 9.49. The average Bonchev–Trinajstić information content (AvgIpc) is 2.85. The molecule has 0 spiro atoms. The molecule has 108 valence electrons. The van der Waals surface area contributed by atoms with Gasteiger partial charge in [-0.2, -0.15) is 0 Å². The number of ether oxygens (including phenoxy) is 1. The molecule has 0 aliphatic carbocycles. The minimum absolute atomic E-state index is 0.121. The van der Waals surface area contributed by atoms with E-state index in [1.807, 2.05) is 0 Å². The van der Waals surface area contributed by atoms with Gasteiger partial charge in [0, 0.05) is 6.54 Å². The third kappa shape index (κ3) is 3.00. The lowest BCUT2D eigenvalue weighted by atomic mass is 10.1. The standard InChI is InChI=1S/C13H15NO6/c15-8-2-1-3-9(16)11(8)12(17)14-6-7-4-5-10(20-7)13(18)19/h1-3,7,10,15-16H,4-6H2,(H,14,17)(H,18,19). The molecule has 1 aromatic carbocycles. The number of nitrogens with one attached hydrogen (secondary N) is 1. The molecule has 0 radical (unpaired) electrons. The van der Waals surface area contributed by atoms with Crippen molar-refractivity contribution in [2.24, 2.45) is 0 Å². The number of aliphatic carboxylic acids is 1. The number of phenolic OH excluding ortho intramolecular Hbond substituents is 2. The van der Waals surface area contributed by atoms with Crippen molar-refractivity contribution in [2.75, 3.05) is 6.54 Å². The Balaban J connectivity index is 1.92. The second-order valence-electron chi connectivity index (χ2n) is 4.54. The van der Waals surface area contributed by atoms with E-state index in [1.54, 1.807) is 0 Å². The molecule has 2 unspecified atom stereocenters. The zero-order valence-electron chi connectivity index (χ0n) is 10.6. The first-order valence-corrected chi connectivity index (χ1v) is 6.16. The smallest absolute Gasteiger partial charge is 0.332 e. The van der Waals surface area contributed by atoms with E-state index in [-0.39, 0.29) is 29.7 Å². The number of hydrogen-bond donors (Lipinski definition) is 4. The summed E-state index contributed by atoms with van der Waals surface area (Å²) in [7, 11) is 0. The molecule has 0 aromatic heterocycles. The molecule has 1 saturated heterocycles. The molecule has 1 aliphatic rings. The summed E-state index contributed by atoms with van der Waals surface area (Å²) in [5, 5.41) is 30.4. The van der Waals surface area contributed by atoms with Crippen LogP contribution in [0.4, 0.5) is 0 Å². The SMILES string of the molecule is O=C(NCC1CCC(C(=O)O)O1)c1c(O)cccc1O.